The standard InChI is InChI=1S/C14H15N5/c1-2-11-3-4-12-10-18(7-8-19(11)12)14-13(9-15)16-5-6-17-14/h1,5-6,11-12H,3-4,7-8,10H2/t11-,12-/m0/s1. The third kappa shape index (κ3) is 2.03. The normalized spacial score (nSPS) is 26.5. The van der Waals surface area contributed by atoms with E-state index in [1.807, 2.05) is 0 Å². The molecular formula is C14H15N5. The van der Waals surface area contributed by atoms with Crippen LogP contribution in [0.2, 0.25) is 0 Å². The zero-order valence-electron chi connectivity index (χ0n) is 10.7. The van der Waals surface area contributed by atoms with E-state index >= 15 is 0 Å². The van der Waals surface area contributed by atoms with Crippen molar-refractivity contribution in [2.24, 2.45) is 0 Å². The van der Waals surface area contributed by atoms with Gasteiger partial charge in [0.05, 0.1) is 6.04 Å². The fraction of sp³-hybridized carbons (Fsp3) is 0.500. The maximum absolute atomic E-state index is 9.10. The SMILES string of the molecule is C#C[C@H]1CC[C@H]2CN(c3nccnc3C#N)CCN21. The lowest BCUT2D eigenvalue weighted by Crippen LogP contribution is -2.52. The Kier molecular flexibility index (Phi) is 3.06. The molecule has 5 heteroatoms. The summed E-state index contributed by atoms with van der Waals surface area (Å²) in [6, 6.07) is 2.87. The molecular weight excluding hydrogens is 238 g/mol. The number of nitriles is 1. The zero-order valence-corrected chi connectivity index (χ0v) is 10.7. The Hall–Kier alpha value is -2.11. The van der Waals surface area contributed by atoms with E-state index in [4.69, 9.17) is 11.7 Å². The van der Waals surface area contributed by atoms with Crippen LogP contribution < -0.4 is 4.90 Å². The molecule has 19 heavy (non-hydrogen) atoms. The maximum Gasteiger partial charge on any atom is 0.183 e. The molecule has 0 aliphatic carbocycles. The van der Waals surface area contributed by atoms with E-state index in [2.05, 4.69) is 31.8 Å². The van der Waals surface area contributed by atoms with E-state index in [0.29, 0.717) is 17.6 Å². The summed E-state index contributed by atoms with van der Waals surface area (Å²) in [6.07, 6.45) is 10.9. The highest BCUT2D eigenvalue weighted by molar-refractivity contribution is 5.50. The number of rotatable bonds is 1. The summed E-state index contributed by atoms with van der Waals surface area (Å²) >= 11 is 0. The molecule has 0 bridgehead atoms. The number of aromatic nitrogens is 2. The van der Waals surface area contributed by atoms with E-state index in [1.165, 1.54) is 0 Å². The lowest BCUT2D eigenvalue weighted by molar-refractivity contribution is 0.202. The number of hydrogen-bond acceptors (Lipinski definition) is 5. The smallest absolute Gasteiger partial charge is 0.183 e. The Morgan fingerprint density at radius 2 is 2.11 bits per heavy atom. The van der Waals surface area contributed by atoms with Gasteiger partial charge >= 0.3 is 0 Å². The van der Waals surface area contributed by atoms with Crippen LogP contribution in [0, 0.1) is 23.7 Å². The average Bonchev–Trinajstić information content (AvgIpc) is 2.89. The Balaban J connectivity index is 1.80. The highest BCUT2D eigenvalue weighted by atomic mass is 15.3. The van der Waals surface area contributed by atoms with Gasteiger partial charge in [0.25, 0.3) is 0 Å². The van der Waals surface area contributed by atoms with Gasteiger partial charge in [-0.05, 0) is 12.8 Å². The Morgan fingerprint density at radius 3 is 2.89 bits per heavy atom. The topological polar surface area (TPSA) is 56.1 Å². The van der Waals surface area contributed by atoms with Gasteiger partial charge in [0.2, 0.25) is 0 Å². The molecule has 2 atom stereocenters. The van der Waals surface area contributed by atoms with E-state index in [9.17, 15) is 0 Å². The molecule has 0 aromatic carbocycles. The number of anilines is 1. The summed E-state index contributed by atoms with van der Waals surface area (Å²) in [7, 11) is 0. The van der Waals surface area contributed by atoms with E-state index in [1.54, 1.807) is 12.4 Å². The van der Waals surface area contributed by atoms with Crippen molar-refractivity contribution in [1.29, 1.82) is 5.26 Å². The first-order valence-electron chi connectivity index (χ1n) is 6.51. The molecule has 0 N–H and O–H groups in total. The second-order valence-corrected chi connectivity index (χ2v) is 4.94. The van der Waals surface area contributed by atoms with Gasteiger partial charge in [0.1, 0.15) is 6.07 Å². The first kappa shape index (κ1) is 12.0. The van der Waals surface area contributed by atoms with Gasteiger partial charge < -0.3 is 4.90 Å². The molecule has 2 aliphatic heterocycles. The summed E-state index contributed by atoms with van der Waals surface area (Å²) in [4.78, 5) is 12.9. The Morgan fingerprint density at radius 1 is 1.26 bits per heavy atom. The number of hydrogen-bond donors (Lipinski definition) is 0. The second kappa shape index (κ2) is 4.87. The van der Waals surface area contributed by atoms with Crippen molar-refractivity contribution in [2.75, 3.05) is 24.5 Å². The highest BCUT2D eigenvalue weighted by Gasteiger charge is 2.37. The predicted octanol–water partition coefficient (Wildman–Crippen LogP) is 0.634. The van der Waals surface area contributed by atoms with Crippen molar-refractivity contribution < 1.29 is 0 Å². The van der Waals surface area contributed by atoms with Crippen molar-refractivity contribution in [3.63, 3.8) is 0 Å². The lowest BCUT2D eigenvalue weighted by atomic mass is 10.1. The minimum absolute atomic E-state index is 0.282. The van der Waals surface area contributed by atoms with E-state index < -0.39 is 0 Å². The molecule has 0 saturated carbocycles. The summed E-state index contributed by atoms with van der Waals surface area (Å²) in [6.45, 7) is 2.66. The number of terminal acetylenes is 1. The maximum atomic E-state index is 9.10. The third-order valence-corrected chi connectivity index (χ3v) is 3.98. The summed E-state index contributed by atoms with van der Waals surface area (Å²) in [5.41, 5.74) is 0.405. The van der Waals surface area contributed by atoms with Crippen LogP contribution in [0.5, 0.6) is 0 Å². The van der Waals surface area contributed by atoms with Crippen LogP contribution in [0.1, 0.15) is 18.5 Å². The predicted molar refractivity (Wildman–Crippen MR) is 71.3 cm³/mol. The van der Waals surface area contributed by atoms with Gasteiger partial charge in [-0.25, -0.2) is 9.97 Å². The van der Waals surface area contributed by atoms with Crippen LogP contribution in [-0.2, 0) is 0 Å². The molecule has 96 valence electrons. The summed E-state index contributed by atoms with van der Waals surface area (Å²) < 4.78 is 0. The van der Waals surface area contributed by atoms with Crippen molar-refractivity contribution in [1.82, 2.24) is 14.9 Å². The average molecular weight is 253 g/mol. The minimum Gasteiger partial charge on any atom is -0.351 e. The zero-order chi connectivity index (χ0) is 13.2. The van der Waals surface area contributed by atoms with Crippen molar-refractivity contribution >= 4 is 5.82 Å². The molecule has 0 spiro atoms. The molecule has 3 rings (SSSR count). The Labute approximate surface area is 112 Å². The summed E-state index contributed by atoms with van der Waals surface area (Å²) in [5, 5.41) is 9.10. The van der Waals surface area contributed by atoms with Crippen molar-refractivity contribution in [3.05, 3.63) is 18.1 Å². The van der Waals surface area contributed by atoms with Crippen molar-refractivity contribution in [3.8, 4) is 18.4 Å². The molecule has 1 aromatic heterocycles. The molecule has 1 aromatic rings. The number of nitrogens with zero attached hydrogens (tertiary/aromatic N) is 5. The van der Waals surface area contributed by atoms with E-state index in [0.717, 1.165) is 32.5 Å². The molecule has 2 aliphatic rings. The second-order valence-electron chi connectivity index (χ2n) is 4.94. The van der Waals surface area contributed by atoms with Gasteiger partial charge in [-0.3, -0.25) is 4.90 Å². The largest absolute Gasteiger partial charge is 0.351 e. The van der Waals surface area contributed by atoms with Gasteiger partial charge in [-0.1, -0.05) is 5.92 Å². The first-order valence-corrected chi connectivity index (χ1v) is 6.51. The molecule has 3 heterocycles. The van der Waals surface area contributed by atoms with Crippen LogP contribution in [0.4, 0.5) is 5.82 Å². The molecule has 0 radical (unpaired) electrons. The molecule has 0 unspecified atom stereocenters. The lowest BCUT2D eigenvalue weighted by Gasteiger charge is -2.39. The van der Waals surface area contributed by atoms with Gasteiger partial charge in [0.15, 0.2) is 11.5 Å². The molecule has 2 saturated heterocycles. The highest BCUT2D eigenvalue weighted by Crippen LogP contribution is 2.29. The number of fused-ring (bicyclic) bond motifs is 1. The van der Waals surface area contributed by atoms with Crippen LogP contribution in [-0.4, -0.2) is 46.6 Å². The van der Waals surface area contributed by atoms with Gasteiger partial charge in [-0.2, -0.15) is 5.26 Å². The minimum atomic E-state index is 0.282. The summed E-state index contributed by atoms with van der Waals surface area (Å²) in [5.74, 6) is 3.57. The third-order valence-electron chi connectivity index (χ3n) is 3.98. The van der Waals surface area contributed by atoms with E-state index in [-0.39, 0.29) is 6.04 Å². The van der Waals surface area contributed by atoms with Crippen LogP contribution in [0.15, 0.2) is 12.4 Å². The number of piperazine rings is 1. The monoisotopic (exact) mass is 253 g/mol. The molecule has 0 amide bonds. The van der Waals surface area contributed by atoms with Crippen LogP contribution in [0.3, 0.4) is 0 Å². The fourth-order valence-electron chi connectivity index (χ4n) is 3.07. The molecule has 5 nitrogen and oxygen atoms in total. The van der Waals surface area contributed by atoms with Gasteiger partial charge in [0, 0.05) is 38.1 Å². The molecule has 2 fully saturated rings. The van der Waals surface area contributed by atoms with Crippen LogP contribution in [0.25, 0.3) is 0 Å². The van der Waals surface area contributed by atoms with Crippen molar-refractivity contribution in [2.45, 2.75) is 24.9 Å². The quantitative estimate of drug-likeness (QED) is 0.687. The van der Waals surface area contributed by atoms with Crippen LogP contribution >= 0.6 is 0 Å². The first-order chi connectivity index (χ1) is 9.33. The Bertz CT molecular complexity index is 556. The fourth-order valence-corrected chi connectivity index (χ4v) is 3.07. The van der Waals surface area contributed by atoms with Gasteiger partial charge in [-0.15, -0.1) is 6.42 Å².